The van der Waals surface area contributed by atoms with Gasteiger partial charge in [-0.25, -0.2) is 4.98 Å². The van der Waals surface area contributed by atoms with Crippen LogP contribution >= 0.6 is 36.2 Å². The highest BCUT2D eigenvalue weighted by molar-refractivity contribution is 7.15. The fraction of sp³-hybridized carbons (Fsp3) is 0.700. The quantitative estimate of drug-likeness (QED) is 0.796. The van der Waals surface area contributed by atoms with Crippen molar-refractivity contribution >= 4 is 41.3 Å². The van der Waals surface area contributed by atoms with E-state index in [2.05, 4.69) is 17.2 Å². The Labute approximate surface area is 129 Å². The van der Waals surface area contributed by atoms with E-state index in [0.29, 0.717) is 6.04 Å². The molecule has 1 aliphatic carbocycles. The summed E-state index contributed by atoms with van der Waals surface area (Å²) < 4.78 is 0. The third-order valence-corrected chi connectivity index (χ3v) is 3.59. The number of anilines is 1. The van der Waals surface area contributed by atoms with Crippen molar-refractivity contribution < 1.29 is 16.4 Å². The largest absolute Gasteiger partial charge is 0.412 e. The lowest BCUT2D eigenvalue weighted by Gasteiger charge is -2.21. The molecule has 2 rings (SSSR count). The summed E-state index contributed by atoms with van der Waals surface area (Å²) in [5.74, 6) is 0. The topological polar surface area (TPSA) is 145 Å². The lowest BCUT2D eigenvalue weighted by Crippen LogP contribution is -2.34. The Balaban J connectivity index is -0.000000225. The van der Waals surface area contributed by atoms with Gasteiger partial charge in [0, 0.05) is 10.9 Å². The zero-order valence-corrected chi connectivity index (χ0v) is 13.3. The van der Waals surface area contributed by atoms with Crippen molar-refractivity contribution in [2.24, 2.45) is 0 Å². The van der Waals surface area contributed by atoms with E-state index in [1.165, 1.54) is 23.4 Å². The first-order valence-electron chi connectivity index (χ1n) is 5.27. The maximum Gasteiger partial charge on any atom is 0.180 e. The molecule has 0 amide bonds. The van der Waals surface area contributed by atoms with Crippen LogP contribution in [0.5, 0.6) is 0 Å². The van der Waals surface area contributed by atoms with Gasteiger partial charge in [-0.15, -0.1) is 36.2 Å². The number of fused-ring (bicyclic) bond motifs is 1. The third kappa shape index (κ3) is 7.26. The number of nitrogen functional groups attached to an aromatic ring is 1. The smallest absolute Gasteiger partial charge is 0.180 e. The van der Waals surface area contributed by atoms with Crippen molar-refractivity contribution in [1.29, 1.82) is 0 Å². The van der Waals surface area contributed by atoms with Gasteiger partial charge in [0.2, 0.25) is 0 Å². The number of thiazole rings is 1. The van der Waals surface area contributed by atoms with Crippen LogP contribution in [0.4, 0.5) is 5.13 Å². The molecule has 19 heavy (non-hydrogen) atoms. The number of nitrogens with zero attached hydrogens (tertiary/aromatic N) is 1. The van der Waals surface area contributed by atoms with Crippen LogP contribution in [0, 0.1) is 0 Å². The third-order valence-electron chi connectivity index (χ3n) is 2.64. The number of aromatic nitrogens is 1. The molecule has 9 heteroatoms. The van der Waals surface area contributed by atoms with Crippen LogP contribution in [-0.4, -0.2) is 34.0 Å². The van der Waals surface area contributed by atoms with E-state index in [4.69, 9.17) is 5.73 Å². The minimum absolute atomic E-state index is 0. The number of hydrogen-bond donors (Lipinski definition) is 2. The van der Waals surface area contributed by atoms with Crippen molar-refractivity contribution in [3.05, 3.63) is 10.6 Å². The molecule has 0 fully saturated rings. The normalized spacial score (nSPS) is 15.3. The predicted molar refractivity (Wildman–Crippen MR) is 86.0 cm³/mol. The fourth-order valence-corrected chi connectivity index (χ4v) is 2.88. The SMILES string of the molecule is CCCN[C@H]1CCc2nc(N)sc2C1.Cl.Cl.O.O.O. The Morgan fingerprint density at radius 3 is 2.53 bits per heavy atom. The van der Waals surface area contributed by atoms with Crippen molar-refractivity contribution in [3.63, 3.8) is 0 Å². The molecule has 0 bridgehead atoms. The summed E-state index contributed by atoms with van der Waals surface area (Å²) >= 11 is 1.65. The molecule has 0 spiro atoms. The Bertz CT molecular complexity index is 329. The van der Waals surface area contributed by atoms with Crippen LogP contribution in [0.1, 0.15) is 30.3 Å². The van der Waals surface area contributed by atoms with Gasteiger partial charge < -0.3 is 27.5 Å². The zero-order valence-electron chi connectivity index (χ0n) is 10.9. The average Bonchev–Trinajstić information content (AvgIpc) is 2.54. The van der Waals surface area contributed by atoms with Crippen LogP contribution in [-0.2, 0) is 12.8 Å². The maximum absolute atomic E-state index is 5.69. The van der Waals surface area contributed by atoms with Crippen LogP contribution in [0.2, 0.25) is 0 Å². The Hall–Kier alpha value is -0.150. The molecule has 6 nitrogen and oxygen atoms in total. The Morgan fingerprint density at radius 1 is 1.32 bits per heavy atom. The first-order chi connectivity index (χ1) is 6.79. The van der Waals surface area contributed by atoms with Gasteiger partial charge >= 0.3 is 0 Å². The number of nitrogens with one attached hydrogen (secondary N) is 1. The Morgan fingerprint density at radius 2 is 1.95 bits per heavy atom. The van der Waals surface area contributed by atoms with Crippen molar-refractivity contribution in [1.82, 2.24) is 10.3 Å². The molecule has 1 aromatic rings. The van der Waals surface area contributed by atoms with Crippen molar-refractivity contribution in [3.8, 4) is 0 Å². The van der Waals surface area contributed by atoms with Gasteiger partial charge in [-0.1, -0.05) is 6.92 Å². The van der Waals surface area contributed by atoms with E-state index >= 15 is 0 Å². The molecular weight excluding hydrogens is 313 g/mol. The highest BCUT2D eigenvalue weighted by Gasteiger charge is 2.21. The van der Waals surface area contributed by atoms with E-state index in [0.717, 1.165) is 24.5 Å². The number of nitrogens with two attached hydrogens (primary N) is 1. The highest BCUT2D eigenvalue weighted by atomic mass is 35.5. The van der Waals surface area contributed by atoms with Gasteiger partial charge in [0.15, 0.2) is 5.13 Å². The number of aryl methyl sites for hydroxylation is 1. The lowest BCUT2D eigenvalue weighted by molar-refractivity contribution is 0.460. The highest BCUT2D eigenvalue weighted by Crippen LogP contribution is 2.27. The van der Waals surface area contributed by atoms with Crippen molar-refractivity contribution in [2.75, 3.05) is 12.3 Å². The molecule has 1 atom stereocenters. The summed E-state index contributed by atoms with van der Waals surface area (Å²) in [5, 5.41) is 4.29. The summed E-state index contributed by atoms with van der Waals surface area (Å²) in [7, 11) is 0. The van der Waals surface area contributed by atoms with Gasteiger partial charge in [-0.05, 0) is 32.2 Å². The minimum Gasteiger partial charge on any atom is -0.412 e. The van der Waals surface area contributed by atoms with E-state index in [9.17, 15) is 0 Å². The summed E-state index contributed by atoms with van der Waals surface area (Å²) in [6.07, 6.45) is 4.61. The predicted octanol–water partition coefficient (Wildman–Crippen LogP) is -0.0483. The van der Waals surface area contributed by atoms with E-state index in [1.54, 1.807) is 11.3 Å². The van der Waals surface area contributed by atoms with E-state index < -0.39 is 0 Å². The number of rotatable bonds is 3. The van der Waals surface area contributed by atoms with Gasteiger partial charge in [0.1, 0.15) is 0 Å². The van der Waals surface area contributed by atoms with E-state index in [1.807, 2.05) is 0 Å². The molecule has 0 radical (unpaired) electrons. The van der Waals surface area contributed by atoms with Crippen LogP contribution in [0.15, 0.2) is 0 Å². The molecule has 1 heterocycles. The van der Waals surface area contributed by atoms with Gasteiger partial charge in [0.25, 0.3) is 0 Å². The van der Waals surface area contributed by atoms with Crippen LogP contribution in [0.25, 0.3) is 0 Å². The van der Waals surface area contributed by atoms with E-state index in [-0.39, 0.29) is 41.2 Å². The molecule has 0 aliphatic heterocycles. The van der Waals surface area contributed by atoms with Gasteiger partial charge in [0.05, 0.1) is 5.69 Å². The zero-order chi connectivity index (χ0) is 9.97. The summed E-state index contributed by atoms with van der Waals surface area (Å²) in [6, 6.07) is 0.641. The second-order valence-corrected chi connectivity index (χ2v) is 4.93. The molecule has 1 aromatic heterocycles. The summed E-state index contributed by atoms with van der Waals surface area (Å²) in [6.45, 7) is 3.32. The molecular formula is C10H25Cl2N3O3S. The molecule has 118 valence electrons. The molecule has 0 saturated carbocycles. The minimum atomic E-state index is 0. The first-order valence-corrected chi connectivity index (χ1v) is 6.08. The lowest BCUT2D eigenvalue weighted by atomic mass is 9.98. The second kappa shape index (κ2) is 12.9. The van der Waals surface area contributed by atoms with Gasteiger partial charge in [-0.3, -0.25) is 0 Å². The molecule has 0 unspecified atom stereocenters. The second-order valence-electron chi connectivity index (χ2n) is 3.82. The molecule has 0 aromatic carbocycles. The fourth-order valence-electron chi connectivity index (χ4n) is 1.92. The maximum atomic E-state index is 5.69. The van der Waals surface area contributed by atoms with Crippen LogP contribution in [0.3, 0.4) is 0 Å². The molecule has 9 N–H and O–H groups in total. The summed E-state index contributed by atoms with van der Waals surface area (Å²) in [5.41, 5.74) is 6.93. The number of hydrogen-bond acceptors (Lipinski definition) is 4. The molecule has 1 aliphatic rings. The standard InChI is InChI=1S/C10H17N3S.2ClH.3H2O/c1-2-5-12-7-3-4-8-9(6-7)14-10(11)13-8;;;;;/h7,12H,2-6H2,1H3,(H2,11,13);2*1H;3*1H2/t7-;;;;;/m0...../s1. The number of halogens is 2. The summed E-state index contributed by atoms with van der Waals surface area (Å²) in [4.78, 5) is 5.73. The van der Waals surface area contributed by atoms with Gasteiger partial charge in [-0.2, -0.15) is 0 Å². The van der Waals surface area contributed by atoms with Crippen molar-refractivity contribution in [2.45, 2.75) is 38.6 Å². The monoisotopic (exact) mass is 337 g/mol. The van der Waals surface area contributed by atoms with Crippen LogP contribution < -0.4 is 11.1 Å². The Kier molecular flexibility index (Phi) is 18.4. The first kappa shape index (κ1) is 27.2. The molecule has 0 saturated heterocycles. The average molecular weight is 338 g/mol.